The molecule has 0 aromatic rings. The lowest BCUT2D eigenvalue weighted by molar-refractivity contribution is -0.140. The van der Waals surface area contributed by atoms with Crippen molar-refractivity contribution in [2.45, 2.75) is 46.0 Å². The number of allylic oxidation sites excluding steroid dienone is 1. The number of rotatable bonds is 11. The second kappa shape index (κ2) is 15.1. The van der Waals surface area contributed by atoms with Crippen LogP contribution in [-0.2, 0) is 19.1 Å². The molecule has 7 nitrogen and oxygen atoms in total. The molecule has 0 aliphatic heterocycles. The van der Waals surface area contributed by atoms with E-state index in [0.29, 0.717) is 12.0 Å². The maximum Gasteiger partial charge on any atom is 0.333 e. The summed E-state index contributed by atoms with van der Waals surface area (Å²) in [6.07, 6.45) is 4.82. The normalized spacial score (nSPS) is 10.3. The first-order chi connectivity index (χ1) is 11.7. The van der Waals surface area contributed by atoms with Gasteiger partial charge in [-0.1, -0.05) is 39.0 Å². The minimum Gasteiger partial charge on any atom is -0.478 e. The number of hydrogen-bond acceptors (Lipinski definition) is 5. The summed E-state index contributed by atoms with van der Waals surface area (Å²) in [5.41, 5.74) is 0.633. The largest absolute Gasteiger partial charge is 0.478 e. The molecule has 0 heterocycles. The van der Waals surface area contributed by atoms with Gasteiger partial charge in [0.15, 0.2) is 0 Å². The summed E-state index contributed by atoms with van der Waals surface area (Å²) in [7, 11) is 0. The van der Waals surface area contributed by atoms with Crippen LogP contribution in [0.1, 0.15) is 46.0 Å². The number of hydrogen-bond donors (Lipinski definition) is 3. The van der Waals surface area contributed by atoms with Crippen molar-refractivity contribution in [3.05, 3.63) is 36.0 Å². The van der Waals surface area contributed by atoms with Crippen LogP contribution in [0.2, 0.25) is 0 Å². The molecular formula is C18H28O7. The highest BCUT2D eigenvalue weighted by atomic mass is 16.5. The van der Waals surface area contributed by atoms with Gasteiger partial charge in [-0.3, -0.25) is 0 Å². The Kier molecular flexibility index (Phi) is 15.0. The van der Waals surface area contributed by atoms with Crippen molar-refractivity contribution in [1.82, 2.24) is 0 Å². The van der Waals surface area contributed by atoms with Crippen LogP contribution in [0.15, 0.2) is 36.0 Å². The van der Waals surface area contributed by atoms with E-state index in [1.807, 2.05) is 6.92 Å². The van der Waals surface area contributed by atoms with Crippen LogP contribution in [-0.4, -0.2) is 46.4 Å². The van der Waals surface area contributed by atoms with E-state index in [1.165, 1.54) is 6.08 Å². The molecule has 0 aromatic heterocycles. The number of carbonyl (C=O) groups is 3. The maximum atomic E-state index is 10.8. The Hall–Kier alpha value is -2.41. The van der Waals surface area contributed by atoms with E-state index in [1.54, 1.807) is 6.92 Å². The van der Waals surface area contributed by atoms with Crippen LogP contribution in [0.3, 0.4) is 0 Å². The minimum absolute atomic E-state index is 0.00856. The number of aliphatic carboxylic acids is 2. The molecular weight excluding hydrogens is 328 g/mol. The topological polar surface area (TPSA) is 121 Å². The van der Waals surface area contributed by atoms with Crippen molar-refractivity contribution in [3.8, 4) is 0 Å². The molecule has 3 N–H and O–H groups in total. The molecule has 0 aliphatic carbocycles. The molecule has 0 fully saturated rings. The highest BCUT2D eigenvalue weighted by molar-refractivity contribution is 5.88. The van der Waals surface area contributed by atoms with E-state index < -0.39 is 17.9 Å². The average Bonchev–Trinajstić information content (AvgIpc) is 2.55. The molecule has 0 saturated heterocycles. The van der Waals surface area contributed by atoms with Crippen molar-refractivity contribution in [3.63, 3.8) is 0 Å². The van der Waals surface area contributed by atoms with Gasteiger partial charge in [0.1, 0.15) is 6.61 Å². The monoisotopic (exact) mass is 356 g/mol. The SMILES string of the molecule is C=C(C)C(=O)OCCO.C=C(CC=C(CCCCC)C(=O)O)C(=O)O. The van der Waals surface area contributed by atoms with Crippen molar-refractivity contribution in [2.75, 3.05) is 13.2 Å². The quantitative estimate of drug-likeness (QED) is 0.295. The lowest BCUT2D eigenvalue weighted by Gasteiger charge is -2.02. The highest BCUT2D eigenvalue weighted by Gasteiger charge is 2.08. The molecule has 0 spiro atoms. The van der Waals surface area contributed by atoms with Crippen LogP contribution in [0.25, 0.3) is 0 Å². The zero-order valence-electron chi connectivity index (χ0n) is 14.9. The average molecular weight is 356 g/mol. The Morgan fingerprint density at radius 3 is 2.08 bits per heavy atom. The van der Waals surface area contributed by atoms with E-state index in [-0.39, 0.29) is 30.8 Å². The van der Waals surface area contributed by atoms with Gasteiger partial charge in [-0.05, 0) is 26.2 Å². The fourth-order valence-electron chi connectivity index (χ4n) is 1.46. The zero-order valence-corrected chi connectivity index (χ0v) is 14.9. The van der Waals surface area contributed by atoms with Crippen LogP contribution < -0.4 is 0 Å². The Morgan fingerprint density at radius 1 is 1.08 bits per heavy atom. The lowest BCUT2D eigenvalue weighted by Crippen LogP contribution is -2.08. The van der Waals surface area contributed by atoms with Crippen molar-refractivity contribution >= 4 is 17.9 Å². The van der Waals surface area contributed by atoms with E-state index >= 15 is 0 Å². The second-order valence-corrected chi connectivity index (χ2v) is 5.24. The number of unbranched alkanes of at least 4 members (excludes halogenated alkanes) is 2. The summed E-state index contributed by atoms with van der Waals surface area (Å²) in [6, 6.07) is 0. The zero-order chi connectivity index (χ0) is 19.8. The number of ether oxygens (including phenoxy) is 1. The number of aliphatic hydroxyl groups excluding tert-OH is 1. The standard InChI is InChI=1S/C12H18O4.C6H10O3/c1-3-4-5-6-10(12(15)16)8-7-9(2)11(13)14;1-5(2)6(8)9-4-3-7/h8H,2-7H2,1H3,(H,13,14)(H,15,16);7H,1,3-4H2,2H3. The first-order valence-corrected chi connectivity index (χ1v) is 7.94. The lowest BCUT2D eigenvalue weighted by atomic mass is 10.0. The molecule has 0 unspecified atom stereocenters. The summed E-state index contributed by atoms with van der Waals surface area (Å²) >= 11 is 0. The van der Waals surface area contributed by atoms with Gasteiger partial charge >= 0.3 is 17.9 Å². The Balaban J connectivity index is 0. The first-order valence-electron chi connectivity index (χ1n) is 7.94. The van der Waals surface area contributed by atoms with Gasteiger partial charge in [0, 0.05) is 16.7 Å². The van der Waals surface area contributed by atoms with Crippen LogP contribution in [0.5, 0.6) is 0 Å². The van der Waals surface area contributed by atoms with Gasteiger partial charge in [-0.2, -0.15) is 0 Å². The Bertz CT molecular complexity index is 504. The smallest absolute Gasteiger partial charge is 0.333 e. The number of esters is 1. The van der Waals surface area contributed by atoms with E-state index in [2.05, 4.69) is 17.9 Å². The van der Waals surface area contributed by atoms with E-state index in [0.717, 1.165) is 19.3 Å². The molecule has 0 aliphatic rings. The molecule has 0 amide bonds. The molecule has 0 radical (unpaired) electrons. The molecule has 0 bridgehead atoms. The van der Waals surface area contributed by atoms with E-state index in [4.69, 9.17) is 15.3 Å². The molecule has 25 heavy (non-hydrogen) atoms. The van der Waals surface area contributed by atoms with Gasteiger partial charge in [0.2, 0.25) is 0 Å². The third kappa shape index (κ3) is 14.9. The number of carboxylic acid groups (broad SMARTS) is 2. The highest BCUT2D eigenvalue weighted by Crippen LogP contribution is 2.12. The predicted octanol–water partition coefficient (Wildman–Crippen LogP) is 2.71. The summed E-state index contributed by atoms with van der Waals surface area (Å²) < 4.78 is 4.46. The van der Waals surface area contributed by atoms with Crippen LogP contribution in [0, 0.1) is 0 Å². The molecule has 142 valence electrons. The molecule has 7 heteroatoms. The van der Waals surface area contributed by atoms with Crippen molar-refractivity contribution < 1.29 is 34.4 Å². The Morgan fingerprint density at radius 2 is 1.68 bits per heavy atom. The molecule has 0 atom stereocenters. The third-order valence-corrected chi connectivity index (χ3v) is 2.89. The minimum atomic E-state index is -1.09. The van der Waals surface area contributed by atoms with Crippen molar-refractivity contribution in [2.24, 2.45) is 0 Å². The number of aliphatic hydroxyl groups is 1. The van der Waals surface area contributed by atoms with Gasteiger partial charge in [0.25, 0.3) is 0 Å². The van der Waals surface area contributed by atoms with Crippen LogP contribution >= 0.6 is 0 Å². The fourth-order valence-corrected chi connectivity index (χ4v) is 1.46. The Labute approximate surface area is 148 Å². The van der Waals surface area contributed by atoms with Gasteiger partial charge in [-0.15, -0.1) is 0 Å². The third-order valence-electron chi connectivity index (χ3n) is 2.89. The summed E-state index contributed by atoms with van der Waals surface area (Å²) in [5, 5.41) is 25.6. The van der Waals surface area contributed by atoms with Gasteiger partial charge in [0.05, 0.1) is 6.61 Å². The maximum absolute atomic E-state index is 10.8. The number of carbonyl (C=O) groups excluding carboxylic acids is 1. The van der Waals surface area contributed by atoms with Crippen molar-refractivity contribution in [1.29, 1.82) is 0 Å². The van der Waals surface area contributed by atoms with E-state index in [9.17, 15) is 14.4 Å². The van der Waals surface area contributed by atoms with Gasteiger partial charge < -0.3 is 20.1 Å². The molecule has 0 aromatic carbocycles. The van der Waals surface area contributed by atoms with Gasteiger partial charge in [-0.25, -0.2) is 14.4 Å². The fraction of sp³-hybridized carbons (Fsp3) is 0.500. The number of carboxylic acids is 2. The molecule has 0 saturated carbocycles. The summed E-state index contributed by atoms with van der Waals surface area (Å²) in [4.78, 5) is 31.8. The predicted molar refractivity (Wildman–Crippen MR) is 94.1 cm³/mol. The molecule has 0 rings (SSSR count). The first kappa shape index (κ1) is 24.8. The second-order valence-electron chi connectivity index (χ2n) is 5.24. The summed E-state index contributed by atoms with van der Waals surface area (Å²) in [6.45, 7) is 10.2. The van der Waals surface area contributed by atoms with Crippen LogP contribution in [0.4, 0.5) is 0 Å². The summed E-state index contributed by atoms with van der Waals surface area (Å²) in [5.74, 6) is -2.52.